The predicted molar refractivity (Wildman–Crippen MR) is 89.5 cm³/mol. The van der Waals surface area contributed by atoms with Crippen LogP contribution in [0.25, 0.3) is 0 Å². The predicted octanol–water partition coefficient (Wildman–Crippen LogP) is 3.92. The Kier molecular flexibility index (Phi) is 3.27. The van der Waals surface area contributed by atoms with E-state index in [0.717, 1.165) is 29.9 Å². The minimum Gasteiger partial charge on any atom is -0.477 e. The molecule has 1 spiro atoms. The highest BCUT2D eigenvalue weighted by Gasteiger charge is 2.46. The molecule has 1 aliphatic heterocycles. The Balaban J connectivity index is 1.72. The van der Waals surface area contributed by atoms with Gasteiger partial charge in [0.05, 0.1) is 4.88 Å². The van der Waals surface area contributed by atoms with Crippen LogP contribution in [-0.2, 0) is 5.41 Å². The van der Waals surface area contributed by atoms with Crippen molar-refractivity contribution in [2.24, 2.45) is 0 Å². The van der Waals surface area contributed by atoms with Gasteiger partial charge in [0, 0.05) is 17.6 Å². The van der Waals surface area contributed by atoms with Crippen LogP contribution < -0.4 is 4.90 Å². The summed E-state index contributed by atoms with van der Waals surface area (Å²) in [5.74, 6) is -1.07. The highest BCUT2D eigenvalue weighted by Crippen LogP contribution is 2.50. The topological polar surface area (TPSA) is 57.6 Å². The molecule has 0 saturated heterocycles. The van der Waals surface area contributed by atoms with Crippen molar-refractivity contribution in [2.75, 3.05) is 11.4 Å². The van der Waals surface area contributed by atoms with Crippen molar-refractivity contribution in [1.29, 1.82) is 0 Å². The number of aromatic carboxylic acids is 1. The fourth-order valence-electron chi connectivity index (χ4n) is 3.99. The summed E-state index contributed by atoms with van der Waals surface area (Å²) in [6, 6.07) is 11.3. The summed E-state index contributed by atoms with van der Waals surface area (Å²) in [5, 5.41) is 9.06. The smallest absolute Gasteiger partial charge is 0.345 e. The lowest BCUT2D eigenvalue weighted by Crippen LogP contribution is -2.35. The molecule has 0 unspecified atom stereocenters. The van der Waals surface area contributed by atoms with E-state index in [1.54, 1.807) is 6.07 Å². The first-order valence-electron chi connectivity index (χ1n) is 7.85. The number of nitrogens with zero attached hydrogens (tertiary/aromatic N) is 1. The quantitative estimate of drug-likeness (QED) is 0.909. The summed E-state index contributed by atoms with van der Waals surface area (Å²) >= 11 is 1.05. The minimum absolute atomic E-state index is 0.0845. The third-order valence-corrected chi connectivity index (χ3v) is 6.12. The van der Waals surface area contributed by atoms with Gasteiger partial charge in [-0.25, -0.2) is 4.79 Å². The SMILES string of the molecule is O=C(O)c1ccc(C(=O)N2CC3(CCCC3)c3ccccc32)s1. The Morgan fingerprint density at radius 3 is 2.43 bits per heavy atom. The number of fused-ring (bicyclic) bond motifs is 2. The molecule has 1 fully saturated rings. The first kappa shape index (κ1) is 14.5. The van der Waals surface area contributed by atoms with E-state index >= 15 is 0 Å². The van der Waals surface area contributed by atoms with Crippen molar-refractivity contribution in [3.8, 4) is 0 Å². The number of carbonyl (C=O) groups is 2. The molecule has 1 amide bonds. The number of para-hydroxylation sites is 1. The standard InChI is InChI=1S/C18H17NO3S/c20-16(14-7-8-15(23-14)17(21)22)19-11-18(9-3-4-10-18)12-5-1-2-6-13(12)19/h1-2,5-8H,3-4,9-11H2,(H,21,22). The summed E-state index contributed by atoms with van der Waals surface area (Å²) in [4.78, 5) is 26.5. The van der Waals surface area contributed by atoms with Gasteiger partial charge in [0.2, 0.25) is 0 Å². The molecular weight excluding hydrogens is 310 g/mol. The van der Waals surface area contributed by atoms with Gasteiger partial charge in [-0.05, 0) is 36.6 Å². The number of rotatable bonds is 2. The van der Waals surface area contributed by atoms with Crippen LogP contribution in [0.3, 0.4) is 0 Å². The number of anilines is 1. The van der Waals surface area contributed by atoms with Crippen LogP contribution in [-0.4, -0.2) is 23.5 Å². The lowest BCUT2D eigenvalue weighted by atomic mass is 9.81. The van der Waals surface area contributed by atoms with Crippen molar-refractivity contribution >= 4 is 28.9 Å². The lowest BCUT2D eigenvalue weighted by Gasteiger charge is -2.24. The summed E-state index contributed by atoms with van der Waals surface area (Å²) < 4.78 is 0. The minimum atomic E-state index is -0.983. The molecule has 1 aromatic carbocycles. The second-order valence-electron chi connectivity index (χ2n) is 6.36. The Labute approximate surface area is 138 Å². The number of amides is 1. The molecule has 4 nitrogen and oxygen atoms in total. The summed E-state index contributed by atoms with van der Waals surface area (Å²) in [7, 11) is 0. The van der Waals surface area contributed by atoms with Gasteiger partial charge in [-0.2, -0.15) is 0 Å². The molecule has 0 radical (unpaired) electrons. The monoisotopic (exact) mass is 327 g/mol. The van der Waals surface area contributed by atoms with Crippen molar-refractivity contribution in [2.45, 2.75) is 31.1 Å². The van der Waals surface area contributed by atoms with Gasteiger partial charge in [0.15, 0.2) is 0 Å². The van der Waals surface area contributed by atoms with Crippen LogP contribution in [0.15, 0.2) is 36.4 Å². The zero-order valence-electron chi connectivity index (χ0n) is 12.6. The Bertz CT molecular complexity index is 789. The number of carbonyl (C=O) groups excluding carboxylic acids is 1. The van der Waals surface area contributed by atoms with Gasteiger partial charge in [-0.3, -0.25) is 4.79 Å². The average molecular weight is 327 g/mol. The molecule has 4 rings (SSSR count). The largest absolute Gasteiger partial charge is 0.477 e. The number of thiophene rings is 1. The van der Waals surface area contributed by atoms with Crippen molar-refractivity contribution in [3.63, 3.8) is 0 Å². The Hall–Kier alpha value is -2.14. The molecule has 0 atom stereocenters. The van der Waals surface area contributed by atoms with E-state index in [1.807, 2.05) is 23.1 Å². The average Bonchev–Trinajstić information content (AvgIpc) is 3.28. The van der Waals surface area contributed by atoms with Crippen molar-refractivity contribution in [3.05, 3.63) is 51.7 Å². The Morgan fingerprint density at radius 1 is 1.04 bits per heavy atom. The third-order valence-electron chi connectivity index (χ3n) is 5.06. The fourth-order valence-corrected chi connectivity index (χ4v) is 4.79. The summed E-state index contributed by atoms with van der Waals surface area (Å²) in [5.41, 5.74) is 2.37. The van der Waals surface area contributed by atoms with Crippen molar-refractivity contribution in [1.82, 2.24) is 0 Å². The second kappa shape index (κ2) is 5.20. The maximum absolute atomic E-state index is 12.9. The van der Waals surface area contributed by atoms with E-state index < -0.39 is 5.97 Å². The van der Waals surface area contributed by atoms with E-state index in [-0.39, 0.29) is 16.2 Å². The van der Waals surface area contributed by atoms with Gasteiger partial charge in [0.25, 0.3) is 5.91 Å². The van der Waals surface area contributed by atoms with E-state index in [2.05, 4.69) is 6.07 Å². The van der Waals surface area contributed by atoms with Gasteiger partial charge < -0.3 is 10.0 Å². The first-order valence-corrected chi connectivity index (χ1v) is 8.67. The van der Waals surface area contributed by atoms with Crippen LogP contribution in [0, 0.1) is 0 Å². The number of carboxylic acids is 1. The van der Waals surface area contributed by atoms with E-state index in [0.29, 0.717) is 11.4 Å². The molecular formula is C18H17NO3S. The van der Waals surface area contributed by atoms with Gasteiger partial charge in [-0.15, -0.1) is 11.3 Å². The molecule has 5 heteroatoms. The van der Waals surface area contributed by atoms with E-state index in [9.17, 15) is 9.59 Å². The van der Waals surface area contributed by atoms with E-state index in [1.165, 1.54) is 24.5 Å². The molecule has 23 heavy (non-hydrogen) atoms. The maximum Gasteiger partial charge on any atom is 0.345 e. The lowest BCUT2D eigenvalue weighted by molar-refractivity contribution is 0.0702. The zero-order valence-corrected chi connectivity index (χ0v) is 13.4. The molecule has 1 aromatic heterocycles. The van der Waals surface area contributed by atoms with Crippen LogP contribution >= 0.6 is 11.3 Å². The van der Waals surface area contributed by atoms with Crippen molar-refractivity contribution < 1.29 is 14.7 Å². The first-order chi connectivity index (χ1) is 11.1. The number of hydrogen-bond donors (Lipinski definition) is 1. The van der Waals surface area contributed by atoms with E-state index in [4.69, 9.17) is 5.11 Å². The molecule has 1 saturated carbocycles. The fraction of sp³-hybridized carbons (Fsp3) is 0.333. The van der Waals surface area contributed by atoms with Gasteiger partial charge in [-0.1, -0.05) is 31.0 Å². The molecule has 2 heterocycles. The van der Waals surface area contributed by atoms with Crippen LogP contribution in [0.2, 0.25) is 0 Å². The number of hydrogen-bond acceptors (Lipinski definition) is 3. The van der Waals surface area contributed by atoms with Crippen LogP contribution in [0.4, 0.5) is 5.69 Å². The van der Waals surface area contributed by atoms with Crippen LogP contribution in [0.5, 0.6) is 0 Å². The van der Waals surface area contributed by atoms with Gasteiger partial charge >= 0.3 is 5.97 Å². The Morgan fingerprint density at radius 2 is 1.74 bits per heavy atom. The second-order valence-corrected chi connectivity index (χ2v) is 7.45. The van der Waals surface area contributed by atoms with Gasteiger partial charge in [0.1, 0.15) is 4.88 Å². The summed E-state index contributed by atoms with van der Waals surface area (Å²) in [6.07, 6.45) is 4.66. The normalized spacial score (nSPS) is 18.3. The highest BCUT2D eigenvalue weighted by molar-refractivity contribution is 7.16. The number of benzene rings is 1. The zero-order chi connectivity index (χ0) is 16.0. The highest BCUT2D eigenvalue weighted by atomic mass is 32.1. The summed E-state index contributed by atoms with van der Waals surface area (Å²) in [6.45, 7) is 0.714. The molecule has 0 bridgehead atoms. The third kappa shape index (κ3) is 2.18. The van der Waals surface area contributed by atoms with Crippen LogP contribution in [0.1, 0.15) is 50.6 Å². The molecule has 1 N–H and O–H groups in total. The molecule has 118 valence electrons. The molecule has 1 aliphatic carbocycles. The maximum atomic E-state index is 12.9. The molecule has 2 aliphatic rings. The number of carboxylic acid groups (broad SMARTS) is 1. The molecule has 2 aromatic rings.